The first-order valence-electron chi connectivity index (χ1n) is 38.1. The second-order valence-corrected chi connectivity index (χ2v) is 40.2. The summed E-state index contributed by atoms with van der Waals surface area (Å²) in [6, 6.07) is 60.5. The maximum Gasteiger partial charge on any atom is 0.582 e. The summed E-state index contributed by atoms with van der Waals surface area (Å²) >= 11 is 0. The third-order valence-corrected chi connectivity index (χ3v) is 36.9. The first kappa shape index (κ1) is 66.9. The van der Waals surface area contributed by atoms with Gasteiger partial charge in [-0.05, 0) is 128 Å². The number of aliphatic imine (C=N–C) groups is 4. The average Bonchev–Trinajstić information content (AvgIpc) is 1.53. The van der Waals surface area contributed by atoms with E-state index >= 15 is 0 Å². The molecule has 0 saturated heterocycles. The molecule has 0 saturated carbocycles. The van der Waals surface area contributed by atoms with Gasteiger partial charge in [-0.25, -0.2) is 30.0 Å². The fraction of sp³-hybridized carbons (Fsp3) is 0.429. The van der Waals surface area contributed by atoms with E-state index in [1.807, 2.05) is 0 Å². The zero-order chi connectivity index (χ0) is 66.4. The Labute approximate surface area is 579 Å². The second-order valence-electron chi connectivity index (χ2n) is 28.9. The summed E-state index contributed by atoms with van der Waals surface area (Å²) < 4.78 is 24.8. The van der Waals surface area contributed by atoms with Crippen LogP contribution in [0.4, 0.5) is 11.6 Å². The Kier molecular flexibility index (Phi) is 20.7. The molecule has 0 amide bonds. The van der Waals surface area contributed by atoms with Gasteiger partial charge in [0.25, 0.3) is 0 Å². The quantitative estimate of drug-likeness (QED) is 0.0296. The first-order valence-corrected chi connectivity index (χ1v) is 44.9. The van der Waals surface area contributed by atoms with Crippen LogP contribution in [0.3, 0.4) is 0 Å². The molecular weight excluding hydrogens is 1240 g/mol. The number of benzene rings is 8. The summed E-state index contributed by atoms with van der Waals surface area (Å²) in [6.07, 6.45) is 28.1. The van der Waals surface area contributed by atoms with E-state index in [2.05, 4.69) is 196 Å². The minimum absolute atomic E-state index is 0.643. The molecule has 10 aromatic rings. The van der Waals surface area contributed by atoms with E-state index in [0.29, 0.717) is 23.3 Å². The molecule has 13 heteroatoms. The summed E-state index contributed by atoms with van der Waals surface area (Å²) in [7, 11) is -10.8. The third-order valence-electron chi connectivity index (χ3n) is 21.8. The number of amidine groups is 4. The highest BCUT2D eigenvalue weighted by Crippen LogP contribution is 2.49. The fourth-order valence-electron chi connectivity index (χ4n) is 16.5. The van der Waals surface area contributed by atoms with Gasteiger partial charge in [-0.15, -0.1) is 0 Å². The van der Waals surface area contributed by atoms with Crippen molar-refractivity contribution in [2.75, 3.05) is 0 Å². The fourth-order valence-corrected chi connectivity index (χ4v) is 34.2. The van der Waals surface area contributed by atoms with Crippen molar-refractivity contribution in [1.82, 2.24) is 8.47 Å². The molecule has 502 valence electrons. The van der Waals surface area contributed by atoms with Crippen molar-refractivity contribution in [1.29, 1.82) is 0 Å². The molecule has 8 aromatic carbocycles. The van der Waals surface area contributed by atoms with Gasteiger partial charge in [-0.1, -0.05) is 293 Å². The average molecular weight is 1340 g/mol. The highest BCUT2D eigenvalue weighted by Gasteiger charge is 2.61. The molecule has 10 nitrogen and oxygen atoms in total. The van der Waals surface area contributed by atoms with Crippen LogP contribution < -0.4 is 11.0 Å². The molecule has 4 aliphatic rings. The van der Waals surface area contributed by atoms with Gasteiger partial charge in [0.05, 0.1) is 0 Å². The molecule has 6 bridgehead atoms. The number of hydrogen-bond acceptors (Lipinski definition) is 8. The third kappa shape index (κ3) is 13.5. The number of hydrogen-bond donors (Lipinski definition) is 0. The van der Waals surface area contributed by atoms with E-state index < -0.39 is 25.5 Å². The normalized spacial score (nSPS) is 14.7. The predicted octanol–water partition coefficient (Wildman–Crippen LogP) is 23.4. The van der Waals surface area contributed by atoms with Crippen molar-refractivity contribution in [3.63, 3.8) is 0 Å². The summed E-state index contributed by atoms with van der Waals surface area (Å²) in [5.74, 6) is 4.14. The van der Waals surface area contributed by atoms with Crippen LogP contribution in [0.5, 0.6) is 0 Å². The van der Waals surface area contributed by atoms with Crippen molar-refractivity contribution in [2.45, 2.75) is 232 Å². The van der Waals surface area contributed by atoms with Crippen molar-refractivity contribution in [3.05, 3.63) is 179 Å². The van der Waals surface area contributed by atoms with Gasteiger partial charge in [-0.2, -0.15) is 0 Å². The second kappa shape index (κ2) is 30.1. The number of unbranched alkanes of at least 4 members (excludes halogenated alkanes) is 18. The number of nitrogens with zero attached hydrogens (tertiary/aromatic N) is 8. The molecule has 0 spiro atoms. The Hall–Kier alpha value is -7.27. The molecule has 97 heavy (non-hydrogen) atoms. The summed E-state index contributed by atoms with van der Waals surface area (Å²) in [5, 5.41) is 13.1. The lowest BCUT2D eigenvalue weighted by Crippen LogP contribution is -2.71. The van der Waals surface area contributed by atoms with Gasteiger partial charge in [0.2, 0.25) is 0 Å². The number of fused-ring (bicyclic) bond motifs is 18. The summed E-state index contributed by atoms with van der Waals surface area (Å²) in [5.41, 5.74) is 5.43. The number of aromatic nitrogens is 2. The summed E-state index contributed by atoms with van der Waals surface area (Å²) in [6.45, 7) is 14.2. The Morgan fingerprint density at radius 3 is 0.794 bits per heavy atom. The van der Waals surface area contributed by atoms with Gasteiger partial charge in [0, 0.05) is 43.8 Å². The molecule has 0 aliphatic carbocycles. The Morgan fingerprint density at radius 2 is 0.526 bits per heavy atom. The van der Waals surface area contributed by atoms with E-state index in [0.717, 1.165) is 184 Å². The Bertz CT molecular complexity index is 4450. The standard InChI is InChI=1S/C84H102N8O2Si3/c1-7-13-19-33-47-95(48-34-20-14-8-2,49-35-21-15-9-3)93-97(94-96(50-36-22-16-10-4,51-37-23-17-11-5)52-38-24-18-12-6)91-81-73-57-65-43-29-30-44-66(65)58-74(73)83(91)89-79-71-55-63-41-27-28-42-64(63)56-72(71)80(86-79)90-84-76-60-68-46-32-31-45-67(68)59-75(76)82(92(84)97)88-78-70-54-62-40-26-25-39-61(62)53-69(70)77(85-78)87-81/h25-32,39-46,53-60H,7-24,33-38,47-52H2,1-6H3. The lowest BCUT2D eigenvalue weighted by atomic mass is 10.0. The van der Waals surface area contributed by atoms with Crippen LogP contribution in [0.25, 0.3) is 64.6 Å². The van der Waals surface area contributed by atoms with E-state index in [1.54, 1.807) is 0 Å². The van der Waals surface area contributed by atoms with Crippen LogP contribution in [0.1, 0.15) is 218 Å². The molecule has 6 heterocycles. The van der Waals surface area contributed by atoms with Crippen molar-refractivity contribution in [2.24, 2.45) is 30.0 Å². The molecule has 2 aromatic heterocycles. The monoisotopic (exact) mass is 1340 g/mol. The first-order chi connectivity index (χ1) is 47.7. The predicted molar refractivity (Wildman–Crippen MR) is 418 cm³/mol. The molecule has 0 atom stereocenters. The summed E-state index contributed by atoms with van der Waals surface area (Å²) in [4.78, 5) is 36.7. The minimum Gasteiger partial charge on any atom is -0.404 e. The van der Waals surface area contributed by atoms with Gasteiger partial charge >= 0.3 is 8.88 Å². The van der Waals surface area contributed by atoms with Gasteiger partial charge in [0.15, 0.2) is 40.0 Å². The van der Waals surface area contributed by atoms with E-state index in [9.17, 15) is 8.23 Å². The topological polar surface area (TPSA) is 102 Å². The maximum atomic E-state index is 9.78. The van der Waals surface area contributed by atoms with Crippen molar-refractivity contribution in [3.8, 4) is 0 Å². The Balaban J connectivity index is 1.24. The molecular formula is C84H102N8O2Si3. The largest absolute Gasteiger partial charge is 0.582 e. The van der Waals surface area contributed by atoms with Gasteiger partial charge in [-0.3, -0.25) is 8.47 Å². The van der Waals surface area contributed by atoms with Crippen molar-refractivity contribution < 1.29 is 8.23 Å². The van der Waals surface area contributed by atoms with Gasteiger partial charge < -0.3 is 8.23 Å². The van der Waals surface area contributed by atoms with E-state index in [1.165, 1.54) is 116 Å². The molecule has 0 N–H and O–H groups in total. The van der Waals surface area contributed by atoms with Crippen LogP contribution in [0.15, 0.2) is 176 Å². The molecule has 0 fully saturated rings. The lowest BCUT2D eigenvalue weighted by molar-refractivity contribution is 0.317. The SMILES string of the molecule is CCCCCC[Si](CCCCCC)(CCCCCC)O[Si]1(O[Si](CCCCCC)(CCCCCC)CCCCCC)n2c3c4cc5ccccc5cc4c2N=C2N=C(N=c4c5cc6ccccc6cc5c(n41)=NC1=NC(=N3)c3cc4ccccc4cc31)c1cc3ccccc3cc12. The Morgan fingerprint density at radius 1 is 0.278 bits per heavy atom. The van der Waals surface area contributed by atoms with Crippen molar-refractivity contribution >= 4 is 125 Å². The highest BCUT2D eigenvalue weighted by atomic mass is 28.5. The van der Waals surface area contributed by atoms with Crippen LogP contribution in [0, 0.1) is 0 Å². The zero-order valence-corrected chi connectivity index (χ0v) is 62.0. The van der Waals surface area contributed by atoms with Crippen LogP contribution in [-0.4, -0.2) is 57.3 Å². The van der Waals surface area contributed by atoms with E-state index in [-0.39, 0.29) is 0 Å². The van der Waals surface area contributed by atoms with Crippen LogP contribution in [0.2, 0.25) is 36.3 Å². The molecule has 0 unspecified atom stereocenters. The minimum atomic E-state index is -4.69. The van der Waals surface area contributed by atoms with Crippen LogP contribution in [-0.2, 0) is 8.23 Å². The molecule has 4 aliphatic heterocycles. The smallest absolute Gasteiger partial charge is 0.404 e. The highest BCUT2D eigenvalue weighted by molar-refractivity contribution is 6.89. The number of rotatable bonds is 34. The van der Waals surface area contributed by atoms with Gasteiger partial charge in [0.1, 0.15) is 22.6 Å². The van der Waals surface area contributed by atoms with Crippen LogP contribution >= 0.6 is 0 Å². The maximum absolute atomic E-state index is 9.78. The molecule has 0 radical (unpaired) electrons. The lowest BCUT2D eigenvalue weighted by Gasteiger charge is -2.47. The van der Waals surface area contributed by atoms with E-state index in [4.69, 9.17) is 30.0 Å². The molecule has 14 rings (SSSR count). The zero-order valence-electron chi connectivity index (χ0n) is 59.0.